The molecule has 4 rings (SSSR count). The molecule has 4 aromatic heterocycles. The van der Waals surface area contributed by atoms with E-state index in [1.807, 2.05) is 16.7 Å². The lowest BCUT2D eigenvalue weighted by Gasteiger charge is -2.00. The molecular formula is C14H10F3N5O2S. The Morgan fingerprint density at radius 1 is 1.32 bits per heavy atom. The number of nitrogens with one attached hydrogen (secondary N) is 1. The van der Waals surface area contributed by atoms with E-state index in [4.69, 9.17) is 9.90 Å². The number of aryl methyl sites for hydroxylation is 1. The van der Waals surface area contributed by atoms with Gasteiger partial charge in [0.25, 0.3) is 0 Å². The molecule has 0 unspecified atom stereocenters. The van der Waals surface area contributed by atoms with Gasteiger partial charge in [-0.3, -0.25) is 4.40 Å². The fourth-order valence-electron chi connectivity index (χ4n) is 2.12. The summed E-state index contributed by atoms with van der Waals surface area (Å²) in [6, 6.07) is 4.09. The van der Waals surface area contributed by atoms with Gasteiger partial charge in [0.1, 0.15) is 0 Å². The first-order valence-corrected chi connectivity index (χ1v) is 7.69. The number of fused-ring (bicyclic) bond motifs is 3. The fourth-order valence-corrected chi connectivity index (χ4v) is 3.02. The lowest BCUT2D eigenvalue weighted by Crippen LogP contribution is -2.21. The molecule has 0 atom stereocenters. The fraction of sp³-hybridized carbons (Fsp3) is 0.143. The van der Waals surface area contributed by atoms with Gasteiger partial charge in [-0.25, -0.2) is 9.78 Å². The predicted molar refractivity (Wildman–Crippen MR) is 84.4 cm³/mol. The van der Waals surface area contributed by atoms with Gasteiger partial charge in [0.05, 0.1) is 16.6 Å². The molecule has 11 heteroatoms. The molecule has 0 aliphatic heterocycles. The van der Waals surface area contributed by atoms with Crippen molar-refractivity contribution in [3.05, 3.63) is 35.5 Å². The Kier molecular flexibility index (Phi) is 4.17. The summed E-state index contributed by atoms with van der Waals surface area (Å²) in [7, 11) is 0. The maximum Gasteiger partial charge on any atom is 0.490 e. The number of aromatic amines is 1. The van der Waals surface area contributed by atoms with Crippen LogP contribution < -0.4 is 0 Å². The number of carboxylic acid groups (broad SMARTS) is 1. The summed E-state index contributed by atoms with van der Waals surface area (Å²) in [5.41, 5.74) is 3.83. The van der Waals surface area contributed by atoms with E-state index in [-0.39, 0.29) is 0 Å². The van der Waals surface area contributed by atoms with Crippen molar-refractivity contribution in [3.8, 4) is 10.7 Å². The van der Waals surface area contributed by atoms with Crippen LogP contribution in [0.25, 0.3) is 27.5 Å². The number of nitrogens with zero attached hydrogens (tertiary/aromatic N) is 4. The third-order valence-electron chi connectivity index (χ3n) is 3.25. The zero-order chi connectivity index (χ0) is 18.2. The van der Waals surface area contributed by atoms with Crippen LogP contribution in [0.15, 0.2) is 29.9 Å². The van der Waals surface area contributed by atoms with Gasteiger partial charge in [-0.05, 0) is 30.0 Å². The summed E-state index contributed by atoms with van der Waals surface area (Å²) in [6.07, 6.45) is -1.47. The Balaban J connectivity index is 0.000000225. The van der Waals surface area contributed by atoms with Gasteiger partial charge in [0, 0.05) is 6.20 Å². The highest BCUT2D eigenvalue weighted by Crippen LogP contribution is 2.29. The molecule has 25 heavy (non-hydrogen) atoms. The normalized spacial score (nSPS) is 11.5. The average molecular weight is 369 g/mol. The number of carbonyl (C=O) groups is 1. The first-order chi connectivity index (χ1) is 11.8. The van der Waals surface area contributed by atoms with Gasteiger partial charge in [-0.2, -0.15) is 13.2 Å². The number of carboxylic acids is 1. The van der Waals surface area contributed by atoms with Crippen LogP contribution in [0.1, 0.15) is 5.56 Å². The number of thiophene rings is 1. The molecule has 4 aromatic rings. The zero-order valence-corrected chi connectivity index (χ0v) is 13.4. The van der Waals surface area contributed by atoms with E-state index in [9.17, 15) is 13.2 Å². The molecule has 4 heterocycles. The summed E-state index contributed by atoms with van der Waals surface area (Å²) in [4.78, 5) is 17.5. The van der Waals surface area contributed by atoms with Crippen molar-refractivity contribution in [2.45, 2.75) is 13.1 Å². The number of halogens is 3. The van der Waals surface area contributed by atoms with Gasteiger partial charge in [0.15, 0.2) is 17.1 Å². The summed E-state index contributed by atoms with van der Waals surface area (Å²) >= 11 is 1.68. The number of alkyl halides is 3. The largest absolute Gasteiger partial charge is 0.490 e. The van der Waals surface area contributed by atoms with Crippen LogP contribution in [0.2, 0.25) is 0 Å². The van der Waals surface area contributed by atoms with Gasteiger partial charge < -0.3 is 10.1 Å². The summed E-state index contributed by atoms with van der Waals surface area (Å²) in [5.74, 6) is -1.88. The molecule has 2 N–H and O–H groups in total. The summed E-state index contributed by atoms with van der Waals surface area (Å²) < 4.78 is 33.8. The van der Waals surface area contributed by atoms with Crippen LogP contribution in [-0.2, 0) is 4.79 Å². The molecule has 0 spiro atoms. The topological polar surface area (TPSA) is 96.2 Å². The predicted octanol–water partition coefficient (Wildman–Crippen LogP) is 3.28. The van der Waals surface area contributed by atoms with E-state index in [1.54, 1.807) is 17.5 Å². The molecule has 0 aliphatic rings. The third-order valence-corrected chi connectivity index (χ3v) is 4.26. The first kappa shape index (κ1) is 16.9. The van der Waals surface area contributed by atoms with E-state index in [1.165, 1.54) is 5.56 Å². The first-order valence-electron chi connectivity index (χ1n) is 6.81. The van der Waals surface area contributed by atoms with E-state index >= 15 is 0 Å². The summed E-state index contributed by atoms with van der Waals surface area (Å²) in [5, 5.41) is 17.7. The Morgan fingerprint density at radius 3 is 2.64 bits per heavy atom. The lowest BCUT2D eigenvalue weighted by molar-refractivity contribution is -0.192. The van der Waals surface area contributed by atoms with Crippen molar-refractivity contribution in [1.29, 1.82) is 0 Å². The van der Waals surface area contributed by atoms with Crippen molar-refractivity contribution < 1.29 is 23.1 Å². The lowest BCUT2D eigenvalue weighted by atomic mass is 10.3. The highest BCUT2D eigenvalue weighted by molar-refractivity contribution is 7.13. The molecule has 7 nitrogen and oxygen atoms in total. The quantitative estimate of drug-likeness (QED) is 0.537. The third kappa shape index (κ3) is 3.18. The number of H-pyrrole nitrogens is 1. The smallest absolute Gasteiger partial charge is 0.475 e. The molecule has 0 radical (unpaired) electrons. The second-order valence-electron chi connectivity index (χ2n) is 4.92. The second kappa shape index (κ2) is 6.16. The molecule has 130 valence electrons. The molecule has 0 saturated heterocycles. The molecule has 0 saturated carbocycles. The molecule has 0 aromatic carbocycles. The minimum atomic E-state index is -5.08. The number of hydrogen-bond acceptors (Lipinski definition) is 5. The zero-order valence-electron chi connectivity index (χ0n) is 12.6. The maximum atomic E-state index is 10.6. The van der Waals surface area contributed by atoms with Crippen LogP contribution in [0.5, 0.6) is 0 Å². The van der Waals surface area contributed by atoms with Gasteiger partial charge in [-0.15, -0.1) is 21.5 Å². The molecule has 0 aliphatic carbocycles. The van der Waals surface area contributed by atoms with E-state index < -0.39 is 12.1 Å². The van der Waals surface area contributed by atoms with Crippen LogP contribution >= 0.6 is 11.3 Å². The Morgan fingerprint density at radius 2 is 2.04 bits per heavy atom. The van der Waals surface area contributed by atoms with Gasteiger partial charge >= 0.3 is 12.1 Å². The van der Waals surface area contributed by atoms with Crippen molar-refractivity contribution in [2.24, 2.45) is 0 Å². The van der Waals surface area contributed by atoms with Gasteiger partial charge in [-0.1, -0.05) is 0 Å². The van der Waals surface area contributed by atoms with E-state index in [0.29, 0.717) is 0 Å². The minimum absolute atomic E-state index is 0.768. The molecule has 0 amide bonds. The van der Waals surface area contributed by atoms with Crippen LogP contribution in [0, 0.1) is 6.92 Å². The Hall–Kier alpha value is -2.95. The highest BCUT2D eigenvalue weighted by Gasteiger charge is 2.38. The maximum absolute atomic E-state index is 10.6. The number of rotatable bonds is 1. The van der Waals surface area contributed by atoms with E-state index in [0.717, 1.165) is 27.5 Å². The van der Waals surface area contributed by atoms with Crippen LogP contribution in [0.4, 0.5) is 13.2 Å². The van der Waals surface area contributed by atoms with Crippen molar-refractivity contribution >= 4 is 34.1 Å². The molecule has 0 fully saturated rings. The van der Waals surface area contributed by atoms with Crippen LogP contribution in [-0.4, -0.2) is 41.8 Å². The minimum Gasteiger partial charge on any atom is -0.475 e. The standard InChI is InChI=1S/C12H9N5S.C2HF3O2/c1-7-3-5-18-10(7)12-16-15-9-6-14-11-8(17(9)12)2-4-13-11;3-2(4,5)1(6)7/h2-6,13H,1H3;(H,6,7). The van der Waals surface area contributed by atoms with Crippen molar-refractivity contribution in [3.63, 3.8) is 0 Å². The molecule has 0 bridgehead atoms. The number of hydrogen-bond donors (Lipinski definition) is 2. The molecular weight excluding hydrogens is 359 g/mol. The average Bonchev–Trinajstić information content (AvgIpc) is 3.23. The Bertz CT molecular complexity index is 1050. The Labute approximate surface area is 141 Å². The van der Waals surface area contributed by atoms with Gasteiger partial charge in [0.2, 0.25) is 0 Å². The SMILES string of the molecule is Cc1ccsc1-c1nnc2cnc3[nH]ccc3n12.O=C(O)C(F)(F)F. The van der Waals surface area contributed by atoms with Crippen LogP contribution in [0.3, 0.4) is 0 Å². The monoisotopic (exact) mass is 369 g/mol. The summed E-state index contributed by atoms with van der Waals surface area (Å²) in [6.45, 7) is 2.09. The number of aromatic nitrogens is 5. The van der Waals surface area contributed by atoms with Crippen molar-refractivity contribution in [1.82, 2.24) is 24.6 Å². The van der Waals surface area contributed by atoms with Crippen molar-refractivity contribution in [2.75, 3.05) is 0 Å². The second-order valence-corrected chi connectivity index (χ2v) is 5.84. The van der Waals surface area contributed by atoms with E-state index in [2.05, 4.69) is 38.5 Å². The number of aliphatic carboxylic acids is 1. The highest BCUT2D eigenvalue weighted by atomic mass is 32.1.